The van der Waals surface area contributed by atoms with E-state index in [1.165, 1.54) is 22.3 Å². The molecule has 2 heterocycles. The highest BCUT2D eigenvalue weighted by atomic mass is 32.2. The van der Waals surface area contributed by atoms with Gasteiger partial charge in [0.05, 0.1) is 18.1 Å². The van der Waals surface area contributed by atoms with Crippen molar-refractivity contribution >= 4 is 27.5 Å². The minimum absolute atomic E-state index is 0.0574. The summed E-state index contributed by atoms with van der Waals surface area (Å²) in [6, 6.07) is 4.85. The first-order valence-corrected chi connectivity index (χ1v) is 10.2. The average Bonchev–Trinajstić information content (AvgIpc) is 3.11. The van der Waals surface area contributed by atoms with Crippen LogP contribution in [0.25, 0.3) is 0 Å². The first-order chi connectivity index (χ1) is 12.8. The molecule has 2 aliphatic rings. The topological polar surface area (TPSA) is 87.2 Å². The molecule has 0 bridgehead atoms. The van der Waals surface area contributed by atoms with Gasteiger partial charge in [0.15, 0.2) is 0 Å². The minimum Gasteiger partial charge on any atom is -0.379 e. The Bertz CT molecular complexity index is 862. The van der Waals surface area contributed by atoms with Gasteiger partial charge in [-0.3, -0.25) is 9.59 Å². The maximum Gasteiger partial charge on any atom is 0.246 e. The number of hydrogen-bond donors (Lipinski definition) is 0. The Balaban J connectivity index is 1.78. The van der Waals surface area contributed by atoms with Crippen LogP contribution in [0.15, 0.2) is 35.7 Å². The second kappa shape index (κ2) is 7.79. The number of amides is 2. The van der Waals surface area contributed by atoms with Crippen molar-refractivity contribution in [1.82, 2.24) is 9.21 Å². The van der Waals surface area contributed by atoms with Gasteiger partial charge in [-0.15, -0.1) is 0 Å². The first kappa shape index (κ1) is 19.5. The predicted octanol–water partition coefficient (Wildman–Crippen LogP) is 0.241. The molecule has 0 N–H and O–H groups in total. The fraction of sp³-hybridized carbons (Fsp3) is 0.444. The van der Waals surface area contributed by atoms with E-state index in [0.29, 0.717) is 45.0 Å². The number of carbonyl (C=O) groups excluding carboxylic acids is 2. The van der Waals surface area contributed by atoms with Crippen LogP contribution < -0.4 is 4.90 Å². The molecule has 0 unspecified atom stereocenters. The van der Waals surface area contributed by atoms with Gasteiger partial charge in [-0.05, 0) is 36.3 Å². The van der Waals surface area contributed by atoms with Crippen LogP contribution in [0.1, 0.15) is 5.56 Å². The lowest BCUT2D eigenvalue weighted by atomic mass is 10.2. The van der Waals surface area contributed by atoms with E-state index in [1.807, 2.05) is 0 Å². The number of fused-ring (bicyclic) bond motifs is 1. The zero-order valence-electron chi connectivity index (χ0n) is 15.3. The smallest absolute Gasteiger partial charge is 0.246 e. The first-order valence-electron chi connectivity index (χ1n) is 8.73. The number of carbonyl (C=O) groups is 2. The highest BCUT2D eigenvalue weighted by Gasteiger charge is 2.30. The Morgan fingerprint density at radius 2 is 1.96 bits per heavy atom. The normalized spacial score (nSPS) is 17.4. The van der Waals surface area contributed by atoms with Gasteiger partial charge < -0.3 is 14.5 Å². The Morgan fingerprint density at radius 1 is 1.26 bits per heavy atom. The van der Waals surface area contributed by atoms with Crippen molar-refractivity contribution in [2.45, 2.75) is 11.3 Å². The molecule has 0 spiro atoms. The maximum absolute atomic E-state index is 12.8. The van der Waals surface area contributed by atoms with E-state index >= 15 is 0 Å². The molecule has 9 heteroatoms. The Kier molecular flexibility index (Phi) is 5.64. The van der Waals surface area contributed by atoms with Crippen LogP contribution in [0.3, 0.4) is 0 Å². The van der Waals surface area contributed by atoms with Gasteiger partial charge in [0, 0.05) is 32.4 Å². The molecule has 0 aromatic heterocycles. The maximum atomic E-state index is 12.8. The molecule has 1 aromatic carbocycles. The highest BCUT2D eigenvalue weighted by molar-refractivity contribution is 7.89. The van der Waals surface area contributed by atoms with E-state index in [-0.39, 0.29) is 23.3 Å². The minimum atomic E-state index is -3.57. The number of hydrogen-bond acceptors (Lipinski definition) is 5. The van der Waals surface area contributed by atoms with Crippen LogP contribution >= 0.6 is 0 Å². The summed E-state index contributed by atoms with van der Waals surface area (Å²) in [6.07, 6.45) is 1.74. The quantitative estimate of drug-likeness (QED) is 0.669. The lowest BCUT2D eigenvalue weighted by molar-refractivity contribution is -0.130. The molecule has 0 radical (unpaired) electrons. The van der Waals surface area contributed by atoms with Crippen molar-refractivity contribution in [3.63, 3.8) is 0 Å². The molecule has 27 heavy (non-hydrogen) atoms. The largest absolute Gasteiger partial charge is 0.379 e. The third kappa shape index (κ3) is 3.90. The Hall–Kier alpha value is -2.23. The summed E-state index contributed by atoms with van der Waals surface area (Å²) >= 11 is 0. The van der Waals surface area contributed by atoms with Crippen molar-refractivity contribution in [1.29, 1.82) is 0 Å². The lowest BCUT2D eigenvalue weighted by Gasteiger charge is -2.26. The molecule has 2 amide bonds. The van der Waals surface area contributed by atoms with E-state index in [2.05, 4.69) is 6.58 Å². The number of anilines is 1. The fourth-order valence-corrected chi connectivity index (χ4v) is 4.71. The summed E-state index contributed by atoms with van der Waals surface area (Å²) in [6.45, 7) is 5.28. The number of morpholine rings is 1. The predicted molar refractivity (Wildman–Crippen MR) is 99.9 cm³/mol. The van der Waals surface area contributed by atoms with Crippen LogP contribution in [0.4, 0.5) is 5.69 Å². The summed E-state index contributed by atoms with van der Waals surface area (Å²) < 4.78 is 32.2. The molecular formula is C18H23N3O5S. The summed E-state index contributed by atoms with van der Waals surface area (Å²) in [5.74, 6) is -0.537. The number of likely N-dealkylation sites (N-methyl/N-ethyl adjacent to an activating group) is 1. The summed E-state index contributed by atoms with van der Waals surface area (Å²) in [5, 5.41) is 0. The second-order valence-corrected chi connectivity index (χ2v) is 8.44. The van der Waals surface area contributed by atoms with Gasteiger partial charge in [-0.1, -0.05) is 6.58 Å². The lowest BCUT2D eigenvalue weighted by Crippen LogP contribution is -2.40. The van der Waals surface area contributed by atoms with Crippen LogP contribution in [0, 0.1) is 0 Å². The number of sulfonamides is 1. The number of nitrogens with zero attached hydrogens (tertiary/aromatic N) is 3. The third-order valence-electron chi connectivity index (χ3n) is 4.78. The molecule has 1 fully saturated rings. The van der Waals surface area contributed by atoms with Gasteiger partial charge in [0.25, 0.3) is 0 Å². The van der Waals surface area contributed by atoms with Gasteiger partial charge in [-0.2, -0.15) is 4.31 Å². The van der Waals surface area contributed by atoms with E-state index in [9.17, 15) is 18.0 Å². The molecule has 1 saturated heterocycles. The number of rotatable bonds is 5. The third-order valence-corrected chi connectivity index (χ3v) is 6.67. The summed E-state index contributed by atoms with van der Waals surface area (Å²) in [7, 11) is -2.03. The second-order valence-electron chi connectivity index (χ2n) is 6.50. The van der Waals surface area contributed by atoms with Gasteiger partial charge in [0.2, 0.25) is 21.8 Å². The molecule has 8 nitrogen and oxygen atoms in total. The summed E-state index contributed by atoms with van der Waals surface area (Å²) in [5.41, 5.74) is 1.51. The Labute approximate surface area is 159 Å². The number of benzene rings is 1. The van der Waals surface area contributed by atoms with E-state index < -0.39 is 10.0 Å². The molecule has 0 saturated carbocycles. The van der Waals surface area contributed by atoms with Gasteiger partial charge in [0.1, 0.15) is 6.54 Å². The highest BCUT2D eigenvalue weighted by Crippen LogP contribution is 2.31. The fourth-order valence-electron chi connectivity index (χ4n) is 3.26. The molecule has 3 rings (SSSR count). The molecule has 146 valence electrons. The van der Waals surface area contributed by atoms with Crippen LogP contribution in [0.5, 0.6) is 0 Å². The van der Waals surface area contributed by atoms with Crippen molar-refractivity contribution in [3.05, 3.63) is 36.4 Å². The van der Waals surface area contributed by atoms with Crippen molar-refractivity contribution in [3.8, 4) is 0 Å². The van der Waals surface area contributed by atoms with E-state index in [0.717, 1.165) is 11.6 Å². The Morgan fingerprint density at radius 3 is 2.63 bits per heavy atom. The molecule has 1 aromatic rings. The van der Waals surface area contributed by atoms with Crippen LogP contribution in [-0.2, 0) is 30.8 Å². The van der Waals surface area contributed by atoms with Gasteiger partial charge >= 0.3 is 0 Å². The van der Waals surface area contributed by atoms with Crippen LogP contribution in [0.2, 0.25) is 0 Å². The standard InChI is InChI=1S/C18H23N3O5S/c1-3-17(22)19(2)13-18(23)21-7-6-14-12-15(4-5-16(14)21)27(24,25)20-8-10-26-11-9-20/h3-5,12H,1,6-11,13H2,2H3. The van der Waals surface area contributed by atoms with Crippen molar-refractivity contribution < 1.29 is 22.7 Å². The SMILES string of the molecule is C=CC(=O)N(C)CC(=O)N1CCc2cc(S(=O)(=O)N3CCOCC3)ccc21. The zero-order valence-corrected chi connectivity index (χ0v) is 16.1. The number of ether oxygens (including phenoxy) is 1. The average molecular weight is 393 g/mol. The molecule has 0 aliphatic carbocycles. The molecule has 2 aliphatic heterocycles. The van der Waals surface area contributed by atoms with Crippen molar-refractivity contribution in [2.75, 3.05) is 51.3 Å². The summed E-state index contributed by atoms with van der Waals surface area (Å²) in [4.78, 5) is 27.2. The van der Waals surface area contributed by atoms with Crippen LogP contribution in [-0.4, -0.2) is 75.9 Å². The molecule has 0 atom stereocenters. The zero-order chi connectivity index (χ0) is 19.6. The van der Waals surface area contributed by atoms with E-state index in [4.69, 9.17) is 4.74 Å². The van der Waals surface area contributed by atoms with Crippen molar-refractivity contribution in [2.24, 2.45) is 0 Å². The van der Waals surface area contributed by atoms with Gasteiger partial charge in [-0.25, -0.2) is 8.42 Å². The molecular weight excluding hydrogens is 370 g/mol. The van der Waals surface area contributed by atoms with E-state index in [1.54, 1.807) is 17.0 Å². The monoisotopic (exact) mass is 393 g/mol.